The lowest BCUT2D eigenvalue weighted by Crippen LogP contribution is -2.43. The molecule has 0 saturated heterocycles. The summed E-state index contributed by atoms with van der Waals surface area (Å²) < 4.78 is 36.7. The normalized spacial score (nSPS) is 15.9. The van der Waals surface area contributed by atoms with Gasteiger partial charge in [-0.05, 0) is 13.3 Å². The summed E-state index contributed by atoms with van der Waals surface area (Å²) in [4.78, 5) is 14.8. The molecule has 1 aromatic heterocycles. The van der Waals surface area contributed by atoms with Crippen LogP contribution in [0.4, 0.5) is 13.2 Å². The smallest absolute Gasteiger partial charge is 0.319 e. The van der Waals surface area contributed by atoms with Crippen LogP contribution in [-0.2, 0) is 6.18 Å². The Balaban J connectivity index is 3.00. The SMILES string of the molecule is CCC(C)(N)C(=O)c1cnc(C(F)(F)F)s1. The topological polar surface area (TPSA) is 56.0 Å². The van der Waals surface area contributed by atoms with Crippen LogP contribution in [0.25, 0.3) is 0 Å². The number of carbonyl (C=O) groups excluding carboxylic acids is 1. The fourth-order valence-corrected chi connectivity index (χ4v) is 1.81. The van der Waals surface area contributed by atoms with Crippen molar-refractivity contribution in [2.24, 2.45) is 5.73 Å². The van der Waals surface area contributed by atoms with Crippen molar-refractivity contribution in [3.8, 4) is 0 Å². The molecule has 0 aromatic carbocycles. The van der Waals surface area contributed by atoms with Gasteiger partial charge in [-0.15, -0.1) is 11.3 Å². The Labute approximate surface area is 94.5 Å². The molecule has 7 heteroatoms. The summed E-state index contributed by atoms with van der Waals surface area (Å²) >= 11 is 0.325. The maximum Gasteiger partial charge on any atom is 0.443 e. The fourth-order valence-electron chi connectivity index (χ4n) is 0.952. The van der Waals surface area contributed by atoms with E-state index in [9.17, 15) is 18.0 Å². The van der Waals surface area contributed by atoms with Crippen molar-refractivity contribution in [3.05, 3.63) is 16.1 Å². The highest BCUT2D eigenvalue weighted by Crippen LogP contribution is 2.33. The number of halogens is 3. The molecule has 1 atom stereocenters. The number of Topliss-reactive ketones (excluding diaryl/α,β-unsaturated/α-hetero) is 1. The number of alkyl halides is 3. The van der Waals surface area contributed by atoms with E-state index < -0.39 is 22.5 Å². The van der Waals surface area contributed by atoms with Gasteiger partial charge in [0.2, 0.25) is 0 Å². The van der Waals surface area contributed by atoms with Gasteiger partial charge in [0, 0.05) is 6.20 Å². The van der Waals surface area contributed by atoms with Crippen LogP contribution >= 0.6 is 11.3 Å². The molecule has 0 spiro atoms. The summed E-state index contributed by atoms with van der Waals surface area (Å²) in [5.41, 5.74) is 4.51. The van der Waals surface area contributed by atoms with Gasteiger partial charge in [0.25, 0.3) is 0 Å². The largest absolute Gasteiger partial charge is 0.443 e. The zero-order chi connectivity index (χ0) is 12.6. The molecular formula is C9H11F3N2OS. The van der Waals surface area contributed by atoms with Gasteiger partial charge < -0.3 is 5.73 Å². The molecule has 0 fully saturated rings. The highest BCUT2D eigenvalue weighted by molar-refractivity contribution is 7.13. The first-order chi connectivity index (χ1) is 7.18. The first-order valence-corrected chi connectivity index (χ1v) is 5.37. The van der Waals surface area contributed by atoms with Crippen molar-refractivity contribution < 1.29 is 18.0 Å². The molecule has 16 heavy (non-hydrogen) atoms. The fraction of sp³-hybridized carbons (Fsp3) is 0.556. The minimum Gasteiger partial charge on any atom is -0.319 e. The van der Waals surface area contributed by atoms with Gasteiger partial charge >= 0.3 is 6.18 Å². The van der Waals surface area contributed by atoms with Crippen molar-refractivity contribution in [2.75, 3.05) is 0 Å². The van der Waals surface area contributed by atoms with Crippen LogP contribution in [0, 0.1) is 0 Å². The van der Waals surface area contributed by atoms with Crippen molar-refractivity contribution in [1.29, 1.82) is 0 Å². The summed E-state index contributed by atoms with van der Waals surface area (Å²) in [5, 5.41) is -1.03. The molecule has 3 nitrogen and oxygen atoms in total. The van der Waals surface area contributed by atoms with Crippen LogP contribution in [0.15, 0.2) is 6.20 Å². The van der Waals surface area contributed by atoms with Crippen molar-refractivity contribution in [1.82, 2.24) is 4.98 Å². The molecule has 2 N–H and O–H groups in total. The summed E-state index contributed by atoms with van der Waals surface area (Å²) in [7, 11) is 0. The van der Waals surface area contributed by atoms with Gasteiger partial charge in [-0.1, -0.05) is 6.92 Å². The molecule has 1 unspecified atom stereocenters. The predicted molar refractivity (Wildman–Crippen MR) is 54.3 cm³/mol. The Hall–Kier alpha value is -0.950. The van der Waals surface area contributed by atoms with E-state index in [0.717, 1.165) is 6.20 Å². The highest BCUT2D eigenvalue weighted by atomic mass is 32.1. The second-order valence-electron chi connectivity index (χ2n) is 3.63. The molecule has 0 aliphatic carbocycles. The molecule has 0 bridgehead atoms. The number of ketones is 1. The standard InChI is InChI=1S/C9H11F3N2OS/c1-3-8(2,13)6(15)5-4-14-7(16-5)9(10,11)12/h4H,3,13H2,1-2H3. The van der Waals surface area contributed by atoms with Gasteiger partial charge in [0.05, 0.1) is 10.4 Å². The number of hydrogen-bond donors (Lipinski definition) is 1. The molecular weight excluding hydrogens is 241 g/mol. The number of nitrogens with zero attached hydrogens (tertiary/aromatic N) is 1. The van der Waals surface area contributed by atoms with Crippen LogP contribution in [0.3, 0.4) is 0 Å². The summed E-state index contributed by atoms with van der Waals surface area (Å²) in [6.45, 7) is 3.19. The lowest BCUT2D eigenvalue weighted by atomic mass is 9.94. The second-order valence-corrected chi connectivity index (χ2v) is 4.66. The number of thiazole rings is 1. The molecule has 0 aliphatic rings. The first-order valence-electron chi connectivity index (χ1n) is 4.55. The van der Waals surface area contributed by atoms with Crippen LogP contribution in [0.2, 0.25) is 0 Å². The van der Waals surface area contributed by atoms with E-state index >= 15 is 0 Å². The zero-order valence-corrected chi connectivity index (χ0v) is 9.58. The number of hydrogen-bond acceptors (Lipinski definition) is 4. The van der Waals surface area contributed by atoms with Crippen molar-refractivity contribution >= 4 is 17.1 Å². The summed E-state index contributed by atoms with van der Waals surface area (Å²) in [6.07, 6.45) is -3.23. The molecule has 1 rings (SSSR count). The Morgan fingerprint density at radius 2 is 2.12 bits per heavy atom. The lowest BCUT2D eigenvalue weighted by Gasteiger charge is -2.19. The quantitative estimate of drug-likeness (QED) is 0.841. The van der Waals surface area contributed by atoms with Gasteiger partial charge in [-0.2, -0.15) is 13.2 Å². The summed E-state index contributed by atoms with van der Waals surface area (Å²) in [6, 6.07) is 0. The molecule has 90 valence electrons. The minimum atomic E-state index is -4.51. The van der Waals surface area contributed by atoms with Crippen molar-refractivity contribution in [2.45, 2.75) is 32.0 Å². The third-order valence-corrected chi connectivity index (χ3v) is 3.27. The molecule has 0 radical (unpaired) electrons. The van der Waals surface area contributed by atoms with Gasteiger partial charge in [0.15, 0.2) is 10.8 Å². The van der Waals surface area contributed by atoms with Crippen LogP contribution < -0.4 is 5.73 Å². The number of aromatic nitrogens is 1. The predicted octanol–water partition coefficient (Wildman–Crippen LogP) is 2.47. The Bertz CT molecular complexity index is 398. The minimum absolute atomic E-state index is 0.0563. The molecule has 0 aliphatic heterocycles. The molecule has 0 amide bonds. The number of rotatable bonds is 3. The van der Waals surface area contributed by atoms with E-state index in [1.54, 1.807) is 6.92 Å². The second kappa shape index (κ2) is 4.14. The van der Waals surface area contributed by atoms with Gasteiger partial charge in [0.1, 0.15) is 0 Å². The average molecular weight is 252 g/mol. The molecule has 1 heterocycles. The van der Waals surface area contributed by atoms with Gasteiger partial charge in [-0.3, -0.25) is 4.79 Å². The first kappa shape index (κ1) is 13.1. The van der Waals surface area contributed by atoms with E-state index in [1.165, 1.54) is 6.92 Å². The maximum atomic E-state index is 12.2. The van der Waals surface area contributed by atoms with Crippen LogP contribution in [0.5, 0.6) is 0 Å². The van der Waals surface area contributed by atoms with Crippen molar-refractivity contribution in [3.63, 3.8) is 0 Å². The Morgan fingerprint density at radius 3 is 2.50 bits per heavy atom. The third kappa shape index (κ3) is 2.59. The van der Waals surface area contributed by atoms with Crippen LogP contribution in [0.1, 0.15) is 34.9 Å². The number of carbonyl (C=O) groups is 1. The van der Waals surface area contributed by atoms with Gasteiger partial charge in [-0.25, -0.2) is 4.98 Å². The monoisotopic (exact) mass is 252 g/mol. The number of nitrogens with two attached hydrogens (primary N) is 1. The van der Waals surface area contributed by atoms with E-state index in [1.807, 2.05) is 0 Å². The Kier molecular flexibility index (Phi) is 3.39. The highest BCUT2D eigenvalue weighted by Gasteiger charge is 2.37. The van der Waals surface area contributed by atoms with E-state index in [2.05, 4.69) is 4.98 Å². The van der Waals surface area contributed by atoms with E-state index in [0.29, 0.717) is 17.8 Å². The lowest BCUT2D eigenvalue weighted by molar-refractivity contribution is -0.137. The van der Waals surface area contributed by atoms with Crippen LogP contribution in [-0.4, -0.2) is 16.3 Å². The average Bonchev–Trinajstić information content (AvgIpc) is 2.64. The zero-order valence-electron chi connectivity index (χ0n) is 8.76. The molecule has 1 aromatic rings. The Morgan fingerprint density at radius 1 is 1.56 bits per heavy atom. The maximum absolute atomic E-state index is 12.2. The van der Waals surface area contributed by atoms with E-state index in [4.69, 9.17) is 5.73 Å². The van der Waals surface area contributed by atoms with E-state index in [-0.39, 0.29) is 4.88 Å². The third-order valence-electron chi connectivity index (χ3n) is 2.23. The molecule has 0 saturated carbocycles. The summed E-state index contributed by atoms with van der Waals surface area (Å²) in [5.74, 6) is -0.511.